The van der Waals surface area contributed by atoms with E-state index < -0.39 is 0 Å². The number of methoxy groups -OCH3 is 1. The molecule has 0 bridgehead atoms. The topological polar surface area (TPSA) is 78.4 Å². The number of carbonyl (C=O) groups excluding carboxylic acids is 1. The number of H-pyrrole nitrogens is 1. The molecule has 1 atom stereocenters. The standard InChI is InChI=1S/C43H44Cl2N6O2/c1-28(29-13-15-31(44)16-14-29)51-27-46-40(30-9-5-3-6-10-30)42(51)39-35-19-17-32(45)25-36(35)47-41(39)43(52)48-37-26-34(53-2)18-20-38(37)50-23-21-49(22-24-50)33-11-7-4-8-12-33/h3,5-6,9-10,13-20,25-28,33,47H,4,7-8,11-12,21-24H2,1-2H3,(H,48,52). The summed E-state index contributed by atoms with van der Waals surface area (Å²) in [6.07, 6.45) is 8.47. The van der Waals surface area contributed by atoms with Gasteiger partial charge in [0.05, 0.1) is 42.2 Å². The van der Waals surface area contributed by atoms with Crippen LogP contribution in [-0.4, -0.2) is 64.7 Å². The zero-order chi connectivity index (χ0) is 36.5. The number of benzene rings is 4. The molecule has 4 aromatic carbocycles. The average Bonchev–Trinajstić information content (AvgIpc) is 3.80. The maximum absolute atomic E-state index is 14.8. The summed E-state index contributed by atoms with van der Waals surface area (Å²) in [5, 5.41) is 5.43. The van der Waals surface area contributed by atoms with E-state index in [1.807, 2.05) is 91.3 Å². The molecule has 1 amide bonds. The predicted molar refractivity (Wildman–Crippen MR) is 217 cm³/mol. The van der Waals surface area contributed by atoms with Crippen LogP contribution in [0.2, 0.25) is 10.0 Å². The molecule has 2 aliphatic rings. The van der Waals surface area contributed by atoms with Crippen LogP contribution in [0.15, 0.2) is 97.3 Å². The molecule has 6 aromatic rings. The quantitative estimate of drug-likeness (QED) is 0.154. The summed E-state index contributed by atoms with van der Waals surface area (Å²) in [5.41, 5.74) is 7.21. The first-order valence-corrected chi connectivity index (χ1v) is 19.3. The monoisotopic (exact) mass is 746 g/mol. The van der Waals surface area contributed by atoms with E-state index in [9.17, 15) is 4.79 Å². The van der Waals surface area contributed by atoms with Crippen molar-refractivity contribution in [1.29, 1.82) is 0 Å². The molecule has 2 N–H and O–H groups in total. The van der Waals surface area contributed by atoms with Gasteiger partial charge < -0.3 is 24.5 Å². The highest BCUT2D eigenvalue weighted by Crippen LogP contribution is 2.42. The lowest BCUT2D eigenvalue weighted by atomic mass is 9.94. The number of fused-ring (bicyclic) bond motifs is 1. The van der Waals surface area contributed by atoms with Crippen molar-refractivity contribution in [2.45, 2.75) is 51.1 Å². The van der Waals surface area contributed by atoms with Crippen molar-refractivity contribution >= 4 is 51.4 Å². The van der Waals surface area contributed by atoms with Gasteiger partial charge in [0, 0.05) is 70.4 Å². The largest absolute Gasteiger partial charge is 0.497 e. The van der Waals surface area contributed by atoms with Gasteiger partial charge in [-0.25, -0.2) is 4.98 Å². The molecule has 8 rings (SSSR count). The number of carbonyl (C=O) groups is 1. The van der Waals surface area contributed by atoms with E-state index in [4.69, 9.17) is 32.9 Å². The van der Waals surface area contributed by atoms with Gasteiger partial charge in [-0.2, -0.15) is 0 Å². The van der Waals surface area contributed by atoms with Crippen molar-refractivity contribution in [2.24, 2.45) is 0 Å². The fourth-order valence-electron chi connectivity index (χ4n) is 8.17. The number of nitrogens with zero attached hydrogens (tertiary/aromatic N) is 4. The molecule has 2 fully saturated rings. The molecule has 53 heavy (non-hydrogen) atoms. The van der Waals surface area contributed by atoms with Crippen LogP contribution in [0.4, 0.5) is 11.4 Å². The molecular formula is C43H44Cl2N6O2. The van der Waals surface area contributed by atoms with E-state index in [0.29, 0.717) is 33.2 Å². The van der Waals surface area contributed by atoms with Crippen LogP contribution in [0.3, 0.4) is 0 Å². The Labute approximate surface area is 320 Å². The van der Waals surface area contributed by atoms with Crippen LogP contribution in [0.5, 0.6) is 5.75 Å². The van der Waals surface area contributed by atoms with Gasteiger partial charge in [-0.15, -0.1) is 0 Å². The Balaban J connectivity index is 1.21. The zero-order valence-electron chi connectivity index (χ0n) is 30.1. The number of aromatic nitrogens is 3. The Morgan fingerprint density at radius 2 is 1.62 bits per heavy atom. The smallest absolute Gasteiger partial charge is 0.272 e. The lowest BCUT2D eigenvalue weighted by molar-refractivity contribution is 0.102. The molecule has 8 nitrogen and oxygen atoms in total. The highest BCUT2D eigenvalue weighted by atomic mass is 35.5. The first kappa shape index (κ1) is 35.3. The number of halogens is 2. The number of rotatable bonds is 9. The van der Waals surface area contributed by atoms with Crippen LogP contribution in [0, 0.1) is 0 Å². The number of ether oxygens (including phenoxy) is 1. The van der Waals surface area contributed by atoms with Crippen LogP contribution < -0.4 is 15.0 Å². The van der Waals surface area contributed by atoms with Crippen LogP contribution >= 0.6 is 23.2 Å². The minimum absolute atomic E-state index is 0.127. The van der Waals surface area contributed by atoms with Crippen molar-refractivity contribution in [3.8, 4) is 28.3 Å². The van der Waals surface area contributed by atoms with Gasteiger partial charge >= 0.3 is 0 Å². The normalized spacial score (nSPS) is 16.2. The van der Waals surface area contributed by atoms with Gasteiger partial charge in [-0.1, -0.05) is 91.0 Å². The summed E-state index contributed by atoms with van der Waals surface area (Å²) in [6.45, 7) is 5.93. The number of anilines is 2. The Hall–Kier alpha value is -4.76. The average molecular weight is 748 g/mol. The van der Waals surface area contributed by atoms with Gasteiger partial charge in [0.2, 0.25) is 0 Å². The molecule has 1 saturated carbocycles. The van der Waals surface area contributed by atoms with Crippen LogP contribution in [0.1, 0.15) is 61.1 Å². The summed E-state index contributed by atoms with van der Waals surface area (Å²) in [5.74, 6) is 0.406. The number of hydrogen-bond acceptors (Lipinski definition) is 5. The Kier molecular flexibility index (Phi) is 10.2. The minimum atomic E-state index is -0.270. The number of hydrogen-bond donors (Lipinski definition) is 2. The van der Waals surface area contributed by atoms with Crippen molar-refractivity contribution in [1.82, 2.24) is 19.4 Å². The molecule has 2 aromatic heterocycles. The summed E-state index contributed by atoms with van der Waals surface area (Å²) < 4.78 is 7.80. The van der Waals surface area contributed by atoms with Gasteiger partial charge in [-0.05, 0) is 61.7 Å². The second-order valence-corrected chi connectivity index (χ2v) is 15.0. The van der Waals surface area contributed by atoms with Crippen molar-refractivity contribution in [2.75, 3.05) is 43.5 Å². The van der Waals surface area contributed by atoms with Crippen LogP contribution in [-0.2, 0) is 0 Å². The predicted octanol–water partition coefficient (Wildman–Crippen LogP) is 10.3. The van der Waals surface area contributed by atoms with E-state index in [0.717, 1.165) is 70.8 Å². The fourth-order valence-corrected chi connectivity index (χ4v) is 8.47. The summed E-state index contributed by atoms with van der Waals surface area (Å²) in [7, 11) is 1.65. The molecule has 10 heteroatoms. The first-order valence-electron chi connectivity index (χ1n) is 18.6. The highest BCUT2D eigenvalue weighted by molar-refractivity contribution is 6.31. The number of piperazine rings is 1. The van der Waals surface area contributed by atoms with Gasteiger partial charge in [-0.3, -0.25) is 9.69 Å². The summed E-state index contributed by atoms with van der Waals surface area (Å²) in [6, 6.07) is 30.2. The third-order valence-electron chi connectivity index (χ3n) is 11.0. The number of nitrogens with one attached hydrogen (secondary N) is 2. The molecule has 3 heterocycles. The molecule has 1 aliphatic carbocycles. The van der Waals surface area contributed by atoms with Crippen LogP contribution in [0.25, 0.3) is 33.4 Å². The molecule has 1 aliphatic heterocycles. The lowest BCUT2D eigenvalue weighted by Crippen LogP contribution is -2.51. The van der Waals surface area contributed by atoms with Gasteiger partial charge in [0.25, 0.3) is 5.91 Å². The number of aromatic amines is 1. The second-order valence-electron chi connectivity index (χ2n) is 14.2. The lowest BCUT2D eigenvalue weighted by Gasteiger charge is -2.42. The minimum Gasteiger partial charge on any atom is -0.497 e. The molecule has 0 radical (unpaired) electrons. The third-order valence-corrected chi connectivity index (χ3v) is 11.5. The van der Waals surface area contributed by atoms with Gasteiger partial charge in [0.1, 0.15) is 11.4 Å². The van der Waals surface area contributed by atoms with E-state index in [-0.39, 0.29) is 11.9 Å². The van der Waals surface area contributed by atoms with E-state index in [1.54, 1.807) is 7.11 Å². The molecular weight excluding hydrogens is 703 g/mol. The third kappa shape index (κ3) is 7.16. The molecule has 1 saturated heterocycles. The zero-order valence-corrected chi connectivity index (χ0v) is 31.6. The molecule has 272 valence electrons. The maximum Gasteiger partial charge on any atom is 0.272 e. The van der Waals surface area contributed by atoms with E-state index >= 15 is 0 Å². The second kappa shape index (κ2) is 15.3. The molecule has 0 spiro atoms. The fraction of sp³-hybridized carbons (Fsp3) is 0.302. The summed E-state index contributed by atoms with van der Waals surface area (Å²) in [4.78, 5) is 28.3. The highest BCUT2D eigenvalue weighted by Gasteiger charge is 2.30. The maximum atomic E-state index is 14.8. The van der Waals surface area contributed by atoms with Gasteiger partial charge in [0.15, 0.2) is 0 Å². The molecule has 1 unspecified atom stereocenters. The Morgan fingerprint density at radius 1 is 0.887 bits per heavy atom. The summed E-state index contributed by atoms with van der Waals surface area (Å²) >= 11 is 12.8. The number of amides is 1. The van der Waals surface area contributed by atoms with Crippen molar-refractivity contribution in [3.63, 3.8) is 0 Å². The van der Waals surface area contributed by atoms with Crippen molar-refractivity contribution in [3.05, 3.63) is 119 Å². The van der Waals surface area contributed by atoms with E-state index in [1.165, 1.54) is 32.1 Å². The SMILES string of the molecule is COc1ccc(N2CCN(C3CCCCC3)CC2)c(NC(=O)c2[nH]c3cc(Cl)ccc3c2-c2c(-c3ccccc3)ncn2C(C)c2ccc(Cl)cc2)c1. The Bertz CT molecular complexity index is 2220. The number of imidazole rings is 1. The van der Waals surface area contributed by atoms with Crippen molar-refractivity contribution < 1.29 is 9.53 Å². The van der Waals surface area contributed by atoms with E-state index in [2.05, 4.69) is 37.7 Å². The first-order chi connectivity index (χ1) is 25.9. The Morgan fingerprint density at radius 3 is 2.36 bits per heavy atom.